The molecule has 0 saturated carbocycles. The first-order valence-electron chi connectivity index (χ1n) is 9.51. The van der Waals surface area contributed by atoms with Gasteiger partial charge in [0.05, 0.1) is 12.1 Å². The van der Waals surface area contributed by atoms with Gasteiger partial charge >= 0.3 is 6.18 Å². The zero-order valence-corrected chi connectivity index (χ0v) is 18.8. The molecule has 2 aromatic rings. The normalized spacial score (nSPS) is 12.5. The quantitative estimate of drug-likeness (QED) is 0.440. The minimum Gasteiger partial charge on any atom is -0.398 e. The van der Waals surface area contributed by atoms with E-state index in [1.807, 2.05) is 0 Å². The van der Waals surface area contributed by atoms with E-state index in [9.17, 15) is 18.0 Å². The van der Waals surface area contributed by atoms with Crippen molar-refractivity contribution in [2.24, 2.45) is 10.3 Å². The van der Waals surface area contributed by atoms with Crippen molar-refractivity contribution in [3.8, 4) is 0 Å². The molecular weight excluding hydrogens is 447 g/mol. The van der Waals surface area contributed by atoms with Crippen LogP contribution in [0.15, 0.2) is 46.7 Å². The van der Waals surface area contributed by atoms with Crippen molar-refractivity contribution < 1.29 is 27.6 Å². The average Bonchev–Trinajstić information content (AvgIpc) is 2.70. The van der Waals surface area contributed by atoms with Crippen molar-refractivity contribution in [2.45, 2.75) is 33.1 Å². The van der Waals surface area contributed by atoms with Crippen molar-refractivity contribution in [2.75, 3.05) is 14.2 Å². The summed E-state index contributed by atoms with van der Waals surface area (Å²) in [6, 6.07) is 9.71. The van der Waals surface area contributed by atoms with E-state index < -0.39 is 18.5 Å². The molecule has 0 atom stereocenters. The highest BCUT2D eigenvalue weighted by molar-refractivity contribution is 6.45. The third-order valence-corrected chi connectivity index (χ3v) is 4.64. The Balaban J connectivity index is 2.42. The second-order valence-corrected chi connectivity index (χ2v) is 7.36. The highest BCUT2D eigenvalue weighted by Crippen LogP contribution is 2.25. The predicted molar refractivity (Wildman–Crippen MR) is 117 cm³/mol. The zero-order valence-electron chi connectivity index (χ0n) is 18.0. The smallest absolute Gasteiger partial charge is 0.394 e. The Bertz CT molecular complexity index is 1020. The van der Waals surface area contributed by atoms with Gasteiger partial charge in [-0.25, -0.2) is 0 Å². The van der Waals surface area contributed by atoms with Crippen LogP contribution in [0.1, 0.15) is 34.2 Å². The molecule has 0 aliphatic carbocycles. The van der Waals surface area contributed by atoms with Gasteiger partial charge in [-0.05, 0) is 43.2 Å². The van der Waals surface area contributed by atoms with Crippen molar-refractivity contribution in [3.63, 3.8) is 0 Å². The summed E-state index contributed by atoms with van der Waals surface area (Å²) < 4.78 is 39.4. The summed E-state index contributed by atoms with van der Waals surface area (Å²) in [6.07, 6.45) is -5.79. The summed E-state index contributed by atoms with van der Waals surface area (Å²) >= 11 is 6.00. The van der Waals surface area contributed by atoms with E-state index in [1.165, 1.54) is 20.2 Å². The lowest BCUT2D eigenvalue weighted by molar-refractivity contribution is -0.121. The molecule has 1 amide bonds. The van der Waals surface area contributed by atoms with E-state index >= 15 is 0 Å². The molecule has 0 aromatic heterocycles. The van der Waals surface area contributed by atoms with Crippen LogP contribution in [0.25, 0.3) is 0 Å². The van der Waals surface area contributed by atoms with Gasteiger partial charge in [-0.2, -0.15) is 13.2 Å². The first kappa shape index (κ1) is 25.2. The fourth-order valence-electron chi connectivity index (χ4n) is 2.99. The maximum atomic E-state index is 13.1. The molecular formula is C22H23ClF3N3O3. The van der Waals surface area contributed by atoms with Crippen LogP contribution in [0.3, 0.4) is 0 Å². The molecule has 0 aliphatic heterocycles. The number of alkyl halides is 3. The predicted octanol–water partition coefficient (Wildman–Crippen LogP) is 4.93. The van der Waals surface area contributed by atoms with Gasteiger partial charge in [0.2, 0.25) is 0 Å². The van der Waals surface area contributed by atoms with Crippen molar-refractivity contribution in [1.82, 2.24) is 5.32 Å². The van der Waals surface area contributed by atoms with E-state index in [0.29, 0.717) is 21.7 Å². The van der Waals surface area contributed by atoms with Gasteiger partial charge in [0.15, 0.2) is 5.71 Å². The Morgan fingerprint density at radius 1 is 1.16 bits per heavy atom. The minimum absolute atomic E-state index is 0.00209. The number of carbonyl (C=O) groups is 1. The van der Waals surface area contributed by atoms with Crippen molar-refractivity contribution in [1.29, 1.82) is 0 Å². The fourth-order valence-corrected chi connectivity index (χ4v) is 3.28. The summed E-state index contributed by atoms with van der Waals surface area (Å²) in [6.45, 7) is 3.30. The van der Waals surface area contributed by atoms with Crippen LogP contribution >= 0.6 is 11.6 Å². The lowest BCUT2D eigenvalue weighted by Gasteiger charge is -2.14. The number of rotatable bonds is 8. The number of carbonyl (C=O) groups excluding carboxylic acids is 1. The summed E-state index contributed by atoms with van der Waals surface area (Å²) in [4.78, 5) is 22.3. The van der Waals surface area contributed by atoms with E-state index in [-0.39, 0.29) is 23.6 Å². The molecule has 32 heavy (non-hydrogen) atoms. The minimum atomic E-state index is -4.50. The molecule has 0 aliphatic rings. The number of nitrogens with one attached hydrogen (secondary N) is 1. The molecule has 0 fully saturated rings. The van der Waals surface area contributed by atoms with Gasteiger partial charge in [-0.3, -0.25) is 4.79 Å². The van der Waals surface area contributed by atoms with Crippen LogP contribution in [-0.4, -0.2) is 37.7 Å². The van der Waals surface area contributed by atoms with Gasteiger partial charge in [0, 0.05) is 28.8 Å². The number of oxime groups is 2. The first-order valence-corrected chi connectivity index (χ1v) is 9.88. The Morgan fingerprint density at radius 3 is 2.47 bits per heavy atom. The number of amides is 1. The number of benzene rings is 2. The molecule has 1 N–H and O–H groups in total. The van der Waals surface area contributed by atoms with Crippen LogP contribution in [0.4, 0.5) is 13.2 Å². The van der Waals surface area contributed by atoms with Gasteiger partial charge in [0.25, 0.3) is 5.91 Å². The highest BCUT2D eigenvalue weighted by Gasteiger charge is 2.31. The van der Waals surface area contributed by atoms with Crippen LogP contribution < -0.4 is 5.32 Å². The van der Waals surface area contributed by atoms with E-state index in [1.54, 1.807) is 44.2 Å². The highest BCUT2D eigenvalue weighted by atomic mass is 35.5. The molecule has 0 radical (unpaired) electrons. The summed E-state index contributed by atoms with van der Waals surface area (Å²) in [5.74, 6) is -0.491. The Labute approximate surface area is 189 Å². The number of likely N-dealkylation sites (N-methyl/N-ethyl adjacent to an activating group) is 1. The monoisotopic (exact) mass is 469 g/mol. The van der Waals surface area contributed by atoms with E-state index in [4.69, 9.17) is 21.3 Å². The fraction of sp³-hybridized carbons (Fsp3) is 0.318. The van der Waals surface area contributed by atoms with E-state index in [2.05, 4.69) is 15.6 Å². The summed E-state index contributed by atoms with van der Waals surface area (Å²) in [7, 11) is 2.75. The molecule has 2 aromatic carbocycles. The summed E-state index contributed by atoms with van der Waals surface area (Å²) in [5, 5.41) is 10.3. The molecule has 0 saturated heterocycles. The Morgan fingerprint density at radius 2 is 1.88 bits per heavy atom. The maximum absolute atomic E-state index is 13.1. The standard InChI is InChI=1S/C22H23ClF3N3O3/c1-13-8-15(10-16(23)9-13)19(11-22(24,25)26)28-32-12-18-14(2)6-5-7-17(18)20(29-31-4)21(30)27-3/h5-10H,11-12H2,1-4H3,(H,27,30)/b28-19+,29-20+. The first-order chi connectivity index (χ1) is 15.1. The average molecular weight is 470 g/mol. The summed E-state index contributed by atoms with van der Waals surface area (Å²) in [5.41, 5.74) is 2.28. The molecule has 0 heterocycles. The Hall–Kier alpha value is -3.07. The molecule has 2 rings (SSSR count). The molecule has 0 bridgehead atoms. The van der Waals surface area contributed by atoms with Crippen molar-refractivity contribution >= 4 is 28.9 Å². The number of hydrogen-bond donors (Lipinski definition) is 1. The third-order valence-electron chi connectivity index (χ3n) is 4.42. The lowest BCUT2D eigenvalue weighted by atomic mass is 9.98. The number of aryl methyl sites for hydroxylation is 2. The zero-order chi connectivity index (χ0) is 23.9. The molecule has 172 valence electrons. The van der Waals surface area contributed by atoms with Crippen LogP contribution in [0.5, 0.6) is 0 Å². The number of halogens is 4. The van der Waals surface area contributed by atoms with Crippen LogP contribution in [-0.2, 0) is 21.1 Å². The van der Waals surface area contributed by atoms with E-state index in [0.717, 1.165) is 5.56 Å². The second kappa shape index (κ2) is 11.0. The molecule has 6 nitrogen and oxygen atoms in total. The molecule has 0 spiro atoms. The van der Waals surface area contributed by atoms with Gasteiger partial charge < -0.3 is 15.0 Å². The second-order valence-electron chi connectivity index (χ2n) is 6.92. The van der Waals surface area contributed by atoms with Crippen molar-refractivity contribution in [3.05, 3.63) is 69.2 Å². The molecule has 10 heteroatoms. The number of hydrogen-bond acceptors (Lipinski definition) is 5. The molecule has 0 unspecified atom stereocenters. The largest absolute Gasteiger partial charge is 0.398 e. The number of nitrogens with zero attached hydrogens (tertiary/aromatic N) is 2. The topological polar surface area (TPSA) is 72.3 Å². The van der Waals surface area contributed by atoms with Gasteiger partial charge in [-0.15, -0.1) is 0 Å². The lowest BCUT2D eigenvalue weighted by Crippen LogP contribution is -2.29. The third kappa shape index (κ3) is 6.98. The SMILES string of the molecule is CNC(=O)/C(=N/OC)c1cccc(C)c1CO/N=C(\CC(F)(F)F)c1cc(C)cc(Cl)c1. The van der Waals surface area contributed by atoms with Gasteiger partial charge in [0.1, 0.15) is 13.7 Å². The van der Waals surface area contributed by atoms with Gasteiger partial charge in [-0.1, -0.05) is 40.1 Å². The Kier molecular flexibility index (Phi) is 8.65. The van der Waals surface area contributed by atoms with Crippen LogP contribution in [0, 0.1) is 13.8 Å². The van der Waals surface area contributed by atoms with Crippen LogP contribution in [0.2, 0.25) is 5.02 Å². The maximum Gasteiger partial charge on any atom is 0.394 e.